The van der Waals surface area contributed by atoms with E-state index in [9.17, 15) is 15.0 Å². The summed E-state index contributed by atoms with van der Waals surface area (Å²) in [6, 6.07) is 13.8. The number of aromatic nitrogens is 4. The number of fused-ring (bicyclic) bond motifs is 1. The lowest BCUT2D eigenvalue weighted by molar-refractivity contribution is 0.403. The molecule has 0 bridgehead atoms. The summed E-state index contributed by atoms with van der Waals surface area (Å²) >= 11 is 0. The zero-order chi connectivity index (χ0) is 18.1. The van der Waals surface area contributed by atoms with Crippen molar-refractivity contribution in [1.29, 1.82) is 0 Å². The van der Waals surface area contributed by atoms with Crippen LogP contribution >= 0.6 is 0 Å². The maximum absolute atomic E-state index is 12.6. The van der Waals surface area contributed by atoms with E-state index in [-0.39, 0.29) is 17.1 Å². The molecule has 8 heteroatoms. The highest BCUT2D eigenvalue weighted by Gasteiger charge is 2.11. The van der Waals surface area contributed by atoms with Gasteiger partial charge in [-0.15, -0.1) is 0 Å². The van der Waals surface area contributed by atoms with E-state index in [0.717, 1.165) is 10.4 Å². The molecule has 0 saturated carbocycles. The Balaban J connectivity index is 1.77. The maximum atomic E-state index is 12.6. The predicted molar refractivity (Wildman–Crippen MR) is 95.9 cm³/mol. The fourth-order valence-corrected chi connectivity index (χ4v) is 2.52. The van der Waals surface area contributed by atoms with Crippen LogP contribution in [0.3, 0.4) is 0 Å². The van der Waals surface area contributed by atoms with Crippen LogP contribution in [0.25, 0.3) is 16.7 Å². The molecule has 0 atom stereocenters. The molecule has 0 saturated heterocycles. The number of hydrogen-bond donors (Lipinski definition) is 2. The van der Waals surface area contributed by atoms with Gasteiger partial charge in [-0.1, -0.05) is 24.3 Å². The molecular formula is C18H13N5O3. The summed E-state index contributed by atoms with van der Waals surface area (Å²) in [5.41, 5.74) is 1.10. The van der Waals surface area contributed by atoms with Gasteiger partial charge in [0.05, 0.1) is 18.1 Å². The second-order valence-electron chi connectivity index (χ2n) is 5.48. The Morgan fingerprint density at radius 2 is 1.85 bits per heavy atom. The third-order valence-corrected chi connectivity index (χ3v) is 3.84. The summed E-state index contributed by atoms with van der Waals surface area (Å²) in [7, 11) is 0. The molecule has 0 amide bonds. The number of phenolic OH excluding ortho intramolecular Hbond substituents is 2. The van der Waals surface area contributed by atoms with Gasteiger partial charge in [-0.25, -0.2) is 9.67 Å². The van der Waals surface area contributed by atoms with Crippen molar-refractivity contribution in [1.82, 2.24) is 19.4 Å². The zero-order valence-corrected chi connectivity index (χ0v) is 13.4. The summed E-state index contributed by atoms with van der Waals surface area (Å²) in [5.74, 6) is -0.575. The Kier molecular flexibility index (Phi) is 3.70. The van der Waals surface area contributed by atoms with Gasteiger partial charge in [0, 0.05) is 5.56 Å². The average molecular weight is 347 g/mol. The van der Waals surface area contributed by atoms with Gasteiger partial charge in [0.25, 0.3) is 5.56 Å². The summed E-state index contributed by atoms with van der Waals surface area (Å²) in [6.45, 7) is 0. The van der Waals surface area contributed by atoms with Crippen LogP contribution in [0.15, 0.2) is 71.0 Å². The van der Waals surface area contributed by atoms with Gasteiger partial charge < -0.3 is 10.2 Å². The smallest absolute Gasteiger partial charge is 0.285 e. The molecule has 0 unspecified atom stereocenters. The molecule has 0 spiro atoms. The number of benzene rings is 2. The lowest BCUT2D eigenvalue weighted by Gasteiger charge is -2.03. The van der Waals surface area contributed by atoms with Crippen LogP contribution in [-0.4, -0.2) is 35.9 Å². The standard InChI is InChI=1S/C18H13N5O3/c24-15-8-4-5-12(16(15)25)9-20-22-11-19-17-14(18(22)26)10-21-23(17)13-6-2-1-3-7-13/h1-11,24-25H/b20-9+. The van der Waals surface area contributed by atoms with Crippen LogP contribution in [0.1, 0.15) is 5.56 Å². The Morgan fingerprint density at radius 1 is 1.04 bits per heavy atom. The number of rotatable bonds is 3. The van der Waals surface area contributed by atoms with Crippen LogP contribution in [-0.2, 0) is 0 Å². The van der Waals surface area contributed by atoms with E-state index in [1.807, 2.05) is 30.3 Å². The van der Waals surface area contributed by atoms with Crippen LogP contribution in [0.5, 0.6) is 11.5 Å². The molecule has 0 aliphatic carbocycles. The average Bonchev–Trinajstić information content (AvgIpc) is 3.10. The summed E-state index contributed by atoms with van der Waals surface area (Å²) < 4.78 is 2.62. The Bertz CT molecular complexity index is 1180. The molecule has 0 radical (unpaired) electrons. The van der Waals surface area contributed by atoms with Crippen LogP contribution in [0, 0.1) is 0 Å². The quantitative estimate of drug-likeness (QED) is 0.435. The minimum atomic E-state index is -0.395. The predicted octanol–water partition coefficient (Wildman–Crippen LogP) is 1.88. The van der Waals surface area contributed by atoms with Crippen LogP contribution in [0.2, 0.25) is 0 Å². The molecule has 26 heavy (non-hydrogen) atoms. The largest absolute Gasteiger partial charge is 0.504 e. The van der Waals surface area contributed by atoms with E-state index < -0.39 is 5.56 Å². The number of hydrogen-bond acceptors (Lipinski definition) is 6. The van der Waals surface area contributed by atoms with Gasteiger partial charge in [-0.2, -0.15) is 14.9 Å². The first-order chi connectivity index (χ1) is 12.6. The molecule has 0 fully saturated rings. The Labute approximate surface area is 146 Å². The molecule has 128 valence electrons. The first-order valence-corrected chi connectivity index (χ1v) is 7.71. The molecule has 2 aromatic carbocycles. The molecule has 0 aliphatic rings. The minimum Gasteiger partial charge on any atom is -0.504 e. The highest BCUT2D eigenvalue weighted by atomic mass is 16.3. The minimum absolute atomic E-state index is 0.265. The van der Waals surface area contributed by atoms with Crippen molar-refractivity contribution in [2.75, 3.05) is 0 Å². The van der Waals surface area contributed by atoms with Gasteiger partial charge in [0.1, 0.15) is 11.7 Å². The summed E-state index contributed by atoms with van der Waals surface area (Å²) in [6.07, 6.45) is 3.99. The lowest BCUT2D eigenvalue weighted by atomic mass is 10.2. The van der Waals surface area contributed by atoms with Crippen molar-refractivity contribution >= 4 is 17.2 Å². The molecule has 0 aliphatic heterocycles. The molecule has 4 aromatic rings. The monoisotopic (exact) mass is 347 g/mol. The van der Waals surface area contributed by atoms with E-state index in [2.05, 4.69) is 15.2 Å². The highest BCUT2D eigenvalue weighted by Crippen LogP contribution is 2.26. The molecule has 2 heterocycles. The van der Waals surface area contributed by atoms with Crippen molar-refractivity contribution in [3.8, 4) is 17.2 Å². The van der Waals surface area contributed by atoms with Gasteiger partial charge in [0.2, 0.25) is 0 Å². The number of aromatic hydroxyl groups is 2. The zero-order valence-electron chi connectivity index (χ0n) is 13.4. The maximum Gasteiger partial charge on any atom is 0.285 e. The lowest BCUT2D eigenvalue weighted by Crippen LogP contribution is -2.17. The van der Waals surface area contributed by atoms with Gasteiger partial charge in [0.15, 0.2) is 17.1 Å². The van der Waals surface area contributed by atoms with E-state index in [4.69, 9.17) is 0 Å². The fourth-order valence-electron chi connectivity index (χ4n) is 2.52. The number of phenols is 2. The number of nitrogens with zero attached hydrogens (tertiary/aromatic N) is 5. The summed E-state index contributed by atoms with van der Waals surface area (Å²) in [5, 5.41) is 27.8. The number of para-hydroxylation sites is 2. The van der Waals surface area contributed by atoms with Crippen LogP contribution in [0.4, 0.5) is 0 Å². The van der Waals surface area contributed by atoms with Gasteiger partial charge in [-0.3, -0.25) is 4.79 Å². The first-order valence-electron chi connectivity index (χ1n) is 7.71. The normalized spacial score (nSPS) is 11.4. The fraction of sp³-hybridized carbons (Fsp3) is 0. The SMILES string of the molecule is O=c1c2cnn(-c3ccccc3)c2ncn1/N=C/c1cccc(O)c1O. The molecule has 8 nitrogen and oxygen atoms in total. The molecule has 4 rings (SSSR count). The van der Waals surface area contributed by atoms with Crippen molar-refractivity contribution < 1.29 is 10.2 Å². The van der Waals surface area contributed by atoms with E-state index in [1.165, 1.54) is 24.8 Å². The van der Waals surface area contributed by atoms with Crippen LogP contribution < -0.4 is 5.56 Å². The van der Waals surface area contributed by atoms with Crippen molar-refractivity contribution in [3.63, 3.8) is 0 Å². The summed E-state index contributed by atoms with van der Waals surface area (Å²) in [4.78, 5) is 16.9. The molecular weight excluding hydrogens is 334 g/mol. The third-order valence-electron chi connectivity index (χ3n) is 3.84. The third kappa shape index (κ3) is 2.59. The molecule has 2 aromatic heterocycles. The highest BCUT2D eigenvalue weighted by molar-refractivity contribution is 5.84. The van der Waals surface area contributed by atoms with Crippen molar-refractivity contribution in [3.05, 3.63) is 77.0 Å². The Hall–Kier alpha value is -3.94. The van der Waals surface area contributed by atoms with Crippen molar-refractivity contribution in [2.24, 2.45) is 5.10 Å². The van der Waals surface area contributed by atoms with Crippen molar-refractivity contribution in [2.45, 2.75) is 0 Å². The molecule has 2 N–H and O–H groups in total. The van der Waals surface area contributed by atoms with Gasteiger partial charge in [-0.05, 0) is 24.3 Å². The second kappa shape index (κ2) is 6.17. The van der Waals surface area contributed by atoms with E-state index in [1.54, 1.807) is 16.8 Å². The Morgan fingerprint density at radius 3 is 2.65 bits per heavy atom. The van der Waals surface area contributed by atoms with E-state index >= 15 is 0 Å². The topological polar surface area (TPSA) is 106 Å². The first kappa shape index (κ1) is 15.6. The van der Waals surface area contributed by atoms with Gasteiger partial charge >= 0.3 is 0 Å². The van der Waals surface area contributed by atoms with E-state index in [0.29, 0.717) is 11.0 Å². The second-order valence-corrected chi connectivity index (χ2v) is 5.48.